The highest BCUT2D eigenvalue weighted by Gasteiger charge is 2.19. The Morgan fingerprint density at radius 3 is 2.91 bits per heavy atom. The van der Waals surface area contributed by atoms with Crippen molar-refractivity contribution in [2.24, 2.45) is 0 Å². The topological polar surface area (TPSA) is 70.0 Å². The van der Waals surface area contributed by atoms with E-state index in [1.165, 1.54) is 10.9 Å². The molecular weight excluding hydrogens is 278 g/mol. The molecule has 0 saturated carbocycles. The normalized spacial score (nSPS) is 19.2. The highest BCUT2D eigenvalue weighted by Crippen LogP contribution is 2.22. The molecule has 0 radical (unpaired) electrons. The van der Waals surface area contributed by atoms with Crippen LogP contribution < -0.4 is 0 Å². The van der Waals surface area contributed by atoms with E-state index in [0.717, 1.165) is 43.7 Å². The maximum absolute atomic E-state index is 9.61. The number of H-pyrrole nitrogens is 1. The van der Waals surface area contributed by atoms with Gasteiger partial charge in [-0.2, -0.15) is 0 Å². The number of β-amino-alcohol motifs (C(OH)–C–C–N with tert-alkyl or cyclic N) is 1. The van der Waals surface area contributed by atoms with Crippen LogP contribution in [0.4, 0.5) is 0 Å². The lowest BCUT2D eigenvalue weighted by Crippen LogP contribution is -2.24. The predicted octanol–water partition coefficient (Wildman–Crippen LogP) is 1.36. The third kappa shape index (κ3) is 2.51. The zero-order chi connectivity index (χ0) is 14.9. The summed E-state index contributed by atoms with van der Waals surface area (Å²) in [6.07, 6.45) is 7.23. The van der Waals surface area contributed by atoms with Gasteiger partial charge in [-0.05, 0) is 36.6 Å². The minimum atomic E-state index is -0.150. The molecule has 0 spiro atoms. The Morgan fingerprint density at radius 1 is 1.27 bits per heavy atom. The second kappa shape index (κ2) is 5.55. The molecule has 22 heavy (non-hydrogen) atoms. The number of hydrogen-bond donors (Lipinski definition) is 2. The van der Waals surface area contributed by atoms with Crippen LogP contribution in [0.15, 0.2) is 37.1 Å². The SMILES string of the molecule is O[C@@H]1CCN(CCc2c[nH]c3ccc(-n4cnnc4)cc23)C1. The number of nitrogens with zero attached hydrogens (tertiary/aromatic N) is 4. The second-order valence-electron chi connectivity index (χ2n) is 5.91. The average Bonchev–Trinajstić information content (AvgIpc) is 3.25. The van der Waals surface area contributed by atoms with Gasteiger partial charge >= 0.3 is 0 Å². The number of aliphatic hydroxyl groups is 1. The molecule has 1 aromatic carbocycles. The minimum Gasteiger partial charge on any atom is -0.392 e. The van der Waals surface area contributed by atoms with Gasteiger partial charge in [-0.1, -0.05) is 0 Å². The first-order valence-electron chi connectivity index (χ1n) is 7.65. The molecule has 0 aliphatic carbocycles. The summed E-state index contributed by atoms with van der Waals surface area (Å²) in [6.45, 7) is 2.78. The largest absolute Gasteiger partial charge is 0.392 e. The van der Waals surface area contributed by atoms with Crippen LogP contribution in [0.3, 0.4) is 0 Å². The maximum atomic E-state index is 9.61. The molecule has 1 atom stereocenters. The molecule has 0 bridgehead atoms. The Morgan fingerprint density at radius 2 is 2.14 bits per heavy atom. The van der Waals surface area contributed by atoms with Gasteiger partial charge in [0.25, 0.3) is 0 Å². The fourth-order valence-corrected chi connectivity index (χ4v) is 3.16. The van der Waals surface area contributed by atoms with E-state index in [1.807, 2.05) is 4.57 Å². The van der Waals surface area contributed by atoms with Crippen LogP contribution in [-0.2, 0) is 6.42 Å². The lowest BCUT2D eigenvalue weighted by Gasteiger charge is -2.14. The van der Waals surface area contributed by atoms with E-state index in [0.29, 0.717) is 0 Å². The van der Waals surface area contributed by atoms with Gasteiger partial charge in [-0.3, -0.25) is 4.57 Å². The third-order valence-electron chi connectivity index (χ3n) is 4.41. The van der Waals surface area contributed by atoms with E-state index in [1.54, 1.807) is 12.7 Å². The molecule has 3 heterocycles. The number of fused-ring (bicyclic) bond motifs is 1. The van der Waals surface area contributed by atoms with Gasteiger partial charge in [0.05, 0.1) is 6.10 Å². The standard InChI is InChI=1S/C16H19N5O/c22-14-4-6-20(9-14)5-3-12-8-17-16-2-1-13(7-15(12)16)21-10-18-19-11-21/h1-2,7-8,10-11,14,17,22H,3-6,9H2/t14-/m1/s1. The zero-order valence-corrected chi connectivity index (χ0v) is 12.3. The van der Waals surface area contributed by atoms with Crippen LogP contribution in [0.2, 0.25) is 0 Å². The molecule has 0 unspecified atom stereocenters. The molecule has 1 aliphatic rings. The molecule has 114 valence electrons. The molecule has 6 heteroatoms. The number of aliphatic hydroxyl groups excluding tert-OH is 1. The Balaban J connectivity index is 1.57. The van der Waals surface area contributed by atoms with Crippen molar-refractivity contribution in [2.75, 3.05) is 19.6 Å². The van der Waals surface area contributed by atoms with Crippen LogP contribution in [-0.4, -0.2) is 55.5 Å². The van der Waals surface area contributed by atoms with Gasteiger partial charge in [0.2, 0.25) is 0 Å². The van der Waals surface area contributed by atoms with Crippen LogP contribution in [0.1, 0.15) is 12.0 Å². The molecule has 2 aromatic heterocycles. The summed E-state index contributed by atoms with van der Waals surface area (Å²) >= 11 is 0. The maximum Gasteiger partial charge on any atom is 0.123 e. The van der Waals surface area contributed by atoms with Gasteiger partial charge in [-0.25, -0.2) is 0 Å². The van der Waals surface area contributed by atoms with Crippen molar-refractivity contribution in [2.45, 2.75) is 18.9 Å². The first-order chi connectivity index (χ1) is 10.8. The first kappa shape index (κ1) is 13.5. The van der Waals surface area contributed by atoms with Crippen LogP contribution in [0, 0.1) is 0 Å². The fraction of sp³-hybridized carbons (Fsp3) is 0.375. The molecule has 3 aromatic rings. The lowest BCUT2D eigenvalue weighted by atomic mass is 10.1. The Bertz CT molecular complexity index is 764. The highest BCUT2D eigenvalue weighted by molar-refractivity contribution is 5.85. The smallest absolute Gasteiger partial charge is 0.123 e. The van der Waals surface area contributed by atoms with Crippen molar-refractivity contribution in [1.82, 2.24) is 24.6 Å². The van der Waals surface area contributed by atoms with E-state index in [9.17, 15) is 5.11 Å². The van der Waals surface area contributed by atoms with Crippen molar-refractivity contribution in [3.05, 3.63) is 42.6 Å². The molecule has 6 nitrogen and oxygen atoms in total. The molecule has 1 aliphatic heterocycles. The molecule has 1 saturated heterocycles. The van der Waals surface area contributed by atoms with Crippen molar-refractivity contribution < 1.29 is 5.11 Å². The number of rotatable bonds is 4. The summed E-state index contributed by atoms with van der Waals surface area (Å²) in [4.78, 5) is 5.66. The summed E-state index contributed by atoms with van der Waals surface area (Å²) in [5, 5.41) is 18.6. The summed E-state index contributed by atoms with van der Waals surface area (Å²) in [6, 6.07) is 6.32. The zero-order valence-electron chi connectivity index (χ0n) is 12.3. The third-order valence-corrected chi connectivity index (χ3v) is 4.41. The van der Waals surface area contributed by atoms with E-state index < -0.39 is 0 Å². The monoisotopic (exact) mass is 297 g/mol. The molecule has 4 rings (SSSR count). The lowest BCUT2D eigenvalue weighted by molar-refractivity contribution is 0.177. The number of aromatic nitrogens is 4. The molecular formula is C16H19N5O. The quantitative estimate of drug-likeness (QED) is 0.763. The summed E-state index contributed by atoms with van der Waals surface area (Å²) in [5.41, 5.74) is 3.52. The van der Waals surface area contributed by atoms with E-state index in [4.69, 9.17) is 0 Å². The molecule has 2 N–H and O–H groups in total. The predicted molar refractivity (Wildman–Crippen MR) is 84.0 cm³/mol. The van der Waals surface area contributed by atoms with Crippen molar-refractivity contribution in [3.8, 4) is 5.69 Å². The number of benzene rings is 1. The second-order valence-corrected chi connectivity index (χ2v) is 5.91. The Hall–Kier alpha value is -2.18. The van der Waals surface area contributed by atoms with Crippen molar-refractivity contribution >= 4 is 10.9 Å². The Kier molecular flexibility index (Phi) is 3.40. The molecule has 1 fully saturated rings. The van der Waals surface area contributed by atoms with Gasteiger partial charge < -0.3 is 15.0 Å². The number of aromatic amines is 1. The van der Waals surface area contributed by atoms with Crippen LogP contribution in [0.5, 0.6) is 0 Å². The van der Waals surface area contributed by atoms with Crippen molar-refractivity contribution in [3.63, 3.8) is 0 Å². The minimum absolute atomic E-state index is 0.150. The van der Waals surface area contributed by atoms with E-state index in [-0.39, 0.29) is 6.10 Å². The van der Waals surface area contributed by atoms with E-state index >= 15 is 0 Å². The number of likely N-dealkylation sites (tertiary alicyclic amines) is 1. The van der Waals surface area contributed by atoms with Crippen molar-refractivity contribution in [1.29, 1.82) is 0 Å². The summed E-state index contributed by atoms with van der Waals surface area (Å²) < 4.78 is 1.91. The number of nitrogens with one attached hydrogen (secondary N) is 1. The Labute approximate surface area is 128 Å². The highest BCUT2D eigenvalue weighted by atomic mass is 16.3. The van der Waals surface area contributed by atoms with Gasteiger partial charge in [-0.15, -0.1) is 10.2 Å². The van der Waals surface area contributed by atoms with Crippen LogP contribution >= 0.6 is 0 Å². The molecule has 0 amide bonds. The van der Waals surface area contributed by atoms with Crippen LogP contribution in [0.25, 0.3) is 16.6 Å². The van der Waals surface area contributed by atoms with Gasteiger partial charge in [0.1, 0.15) is 12.7 Å². The van der Waals surface area contributed by atoms with E-state index in [2.05, 4.69) is 44.5 Å². The number of hydrogen-bond acceptors (Lipinski definition) is 4. The van der Waals surface area contributed by atoms with Gasteiger partial charge in [0, 0.05) is 42.4 Å². The average molecular weight is 297 g/mol. The summed E-state index contributed by atoms with van der Waals surface area (Å²) in [5.74, 6) is 0. The van der Waals surface area contributed by atoms with Gasteiger partial charge in [0.15, 0.2) is 0 Å². The fourth-order valence-electron chi connectivity index (χ4n) is 3.16. The first-order valence-corrected chi connectivity index (χ1v) is 7.65. The summed E-state index contributed by atoms with van der Waals surface area (Å²) in [7, 11) is 0.